The van der Waals surface area contributed by atoms with Gasteiger partial charge in [0, 0.05) is 12.8 Å². The van der Waals surface area contributed by atoms with Gasteiger partial charge in [-0.1, -0.05) is 24.3 Å². The average molecular weight is 194 g/mol. The van der Waals surface area contributed by atoms with Crippen LogP contribution < -0.4 is 0 Å². The van der Waals surface area contributed by atoms with Gasteiger partial charge in [0.25, 0.3) is 0 Å². The molecule has 0 unspecified atom stereocenters. The van der Waals surface area contributed by atoms with Crippen LogP contribution in [0.4, 0.5) is 0 Å². The maximum atomic E-state index is 10.6. The molecule has 0 amide bonds. The molecule has 0 saturated heterocycles. The van der Waals surface area contributed by atoms with E-state index in [1.54, 1.807) is 6.08 Å². The van der Waals surface area contributed by atoms with Gasteiger partial charge < -0.3 is 4.74 Å². The molecule has 0 aliphatic carbocycles. The number of hydrogen-bond donors (Lipinski definition) is 0. The molecule has 0 heterocycles. The summed E-state index contributed by atoms with van der Waals surface area (Å²) in [5.41, 5.74) is 2.04. The molecule has 0 spiro atoms. The highest BCUT2D eigenvalue weighted by Crippen LogP contribution is 2.14. The van der Waals surface area contributed by atoms with Crippen LogP contribution in [0.1, 0.15) is 20.8 Å². The minimum absolute atomic E-state index is 0.0827. The Kier molecular flexibility index (Phi) is 5.61. The Labute approximate surface area is 86.0 Å². The van der Waals surface area contributed by atoms with Crippen LogP contribution in [0.15, 0.2) is 36.5 Å². The van der Waals surface area contributed by atoms with Crippen LogP contribution in [0.5, 0.6) is 0 Å². The molecular formula is C12H18O2. The van der Waals surface area contributed by atoms with Gasteiger partial charge in [-0.25, -0.2) is 0 Å². The molecule has 0 bridgehead atoms. The van der Waals surface area contributed by atoms with Crippen molar-refractivity contribution >= 4 is 5.97 Å². The fourth-order valence-corrected chi connectivity index (χ4v) is 1.00. The minimum Gasteiger partial charge on any atom is -0.461 e. The highest BCUT2D eigenvalue weighted by atomic mass is 16.5. The van der Waals surface area contributed by atoms with E-state index in [-0.39, 0.29) is 18.5 Å². The normalized spacial score (nSPS) is 11.4. The monoisotopic (exact) mass is 194 g/mol. The third kappa shape index (κ3) is 5.36. The van der Waals surface area contributed by atoms with Crippen molar-refractivity contribution in [1.82, 2.24) is 0 Å². The Morgan fingerprint density at radius 1 is 1.43 bits per heavy atom. The van der Waals surface area contributed by atoms with Crippen molar-refractivity contribution in [3.05, 3.63) is 36.5 Å². The Morgan fingerprint density at radius 3 is 2.36 bits per heavy atom. The van der Waals surface area contributed by atoms with Gasteiger partial charge in [-0.15, -0.1) is 6.58 Å². The molecule has 0 aromatic rings. The molecule has 0 radical (unpaired) electrons. The highest BCUT2D eigenvalue weighted by Gasteiger charge is 2.06. The van der Waals surface area contributed by atoms with Gasteiger partial charge in [0.1, 0.15) is 6.61 Å². The van der Waals surface area contributed by atoms with Crippen LogP contribution in [-0.4, -0.2) is 12.6 Å². The van der Waals surface area contributed by atoms with E-state index >= 15 is 0 Å². The molecule has 0 aromatic carbocycles. The summed E-state index contributed by atoms with van der Waals surface area (Å²) in [5.74, 6) is -0.203. The summed E-state index contributed by atoms with van der Waals surface area (Å²) in [7, 11) is 0. The number of esters is 1. The van der Waals surface area contributed by atoms with E-state index in [9.17, 15) is 4.79 Å². The van der Waals surface area contributed by atoms with E-state index in [2.05, 4.69) is 13.2 Å². The standard InChI is InChI=1S/C12H18O2/c1-6-12(7-9(2)3)10(4)8-14-11(5)13/h6-7,12H,1,4,8H2,2-3,5H3/t12-/m0/s1. The summed E-state index contributed by atoms with van der Waals surface area (Å²) < 4.78 is 4.85. The lowest BCUT2D eigenvalue weighted by Crippen LogP contribution is -2.08. The number of carbonyl (C=O) groups excluding carboxylic acids is 1. The smallest absolute Gasteiger partial charge is 0.302 e. The predicted octanol–water partition coefficient (Wildman–Crippen LogP) is 2.87. The Balaban J connectivity index is 4.26. The summed E-state index contributed by atoms with van der Waals surface area (Å²) in [6.45, 7) is 13.2. The zero-order chi connectivity index (χ0) is 11.1. The number of carbonyl (C=O) groups is 1. The van der Waals surface area contributed by atoms with Crippen LogP contribution in [0.25, 0.3) is 0 Å². The number of allylic oxidation sites excluding steroid dienone is 3. The average Bonchev–Trinajstić information content (AvgIpc) is 2.09. The molecule has 0 N–H and O–H groups in total. The van der Waals surface area contributed by atoms with Gasteiger partial charge in [-0.2, -0.15) is 0 Å². The zero-order valence-corrected chi connectivity index (χ0v) is 9.17. The molecule has 0 rings (SSSR count). The lowest BCUT2D eigenvalue weighted by atomic mass is 9.99. The molecule has 0 aliphatic rings. The molecule has 1 atom stereocenters. The van der Waals surface area contributed by atoms with Crippen LogP contribution in [0.2, 0.25) is 0 Å². The number of hydrogen-bond acceptors (Lipinski definition) is 2. The van der Waals surface area contributed by atoms with Crippen LogP contribution in [-0.2, 0) is 9.53 Å². The van der Waals surface area contributed by atoms with E-state index in [0.717, 1.165) is 5.57 Å². The summed E-state index contributed by atoms with van der Waals surface area (Å²) in [5, 5.41) is 0. The second-order valence-electron chi connectivity index (χ2n) is 3.44. The first kappa shape index (κ1) is 12.7. The third-order valence-electron chi connectivity index (χ3n) is 1.70. The van der Waals surface area contributed by atoms with Gasteiger partial charge in [-0.05, 0) is 19.4 Å². The fraction of sp³-hybridized carbons (Fsp3) is 0.417. The first-order valence-corrected chi connectivity index (χ1v) is 4.56. The molecule has 2 heteroatoms. The molecule has 0 fully saturated rings. The summed E-state index contributed by atoms with van der Waals surface area (Å²) in [4.78, 5) is 10.6. The van der Waals surface area contributed by atoms with E-state index < -0.39 is 0 Å². The molecular weight excluding hydrogens is 176 g/mol. The van der Waals surface area contributed by atoms with E-state index in [4.69, 9.17) is 4.74 Å². The quantitative estimate of drug-likeness (QED) is 0.497. The second kappa shape index (κ2) is 6.19. The van der Waals surface area contributed by atoms with Crippen molar-refractivity contribution in [2.75, 3.05) is 6.61 Å². The van der Waals surface area contributed by atoms with Gasteiger partial charge >= 0.3 is 5.97 Å². The Hall–Kier alpha value is -1.31. The van der Waals surface area contributed by atoms with Gasteiger partial charge in [0.05, 0.1) is 0 Å². The lowest BCUT2D eigenvalue weighted by molar-refractivity contribution is -0.140. The first-order chi connectivity index (χ1) is 6.47. The van der Waals surface area contributed by atoms with Gasteiger partial charge in [0.2, 0.25) is 0 Å². The van der Waals surface area contributed by atoms with Crippen LogP contribution in [0, 0.1) is 5.92 Å². The van der Waals surface area contributed by atoms with Crippen molar-refractivity contribution in [2.24, 2.45) is 5.92 Å². The summed E-state index contributed by atoms with van der Waals surface area (Å²) >= 11 is 0. The fourth-order valence-electron chi connectivity index (χ4n) is 1.00. The van der Waals surface area contributed by atoms with Gasteiger partial charge in [-0.3, -0.25) is 4.79 Å². The maximum absolute atomic E-state index is 10.6. The summed E-state index contributed by atoms with van der Waals surface area (Å²) in [6, 6.07) is 0. The van der Waals surface area contributed by atoms with Crippen LogP contribution in [0.3, 0.4) is 0 Å². The number of rotatable bonds is 5. The van der Waals surface area contributed by atoms with Crippen molar-refractivity contribution in [3.63, 3.8) is 0 Å². The maximum Gasteiger partial charge on any atom is 0.302 e. The van der Waals surface area contributed by atoms with Crippen molar-refractivity contribution < 1.29 is 9.53 Å². The first-order valence-electron chi connectivity index (χ1n) is 4.56. The van der Waals surface area contributed by atoms with Crippen molar-refractivity contribution in [2.45, 2.75) is 20.8 Å². The zero-order valence-electron chi connectivity index (χ0n) is 9.17. The molecule has 0 saturated carbocycles. The van der Waals surface area contributed by atoms with Crippen molar-refractivity contribution in [3.8, 4) is 0 Å². The highest BCUT2D eigenvalue weighted by molar-refractivity contribution is 5.66. The SMILES string of the molecule is C=C[C@@H](C=C(C)C)C(=C)COC(C)=O. The molecule has 0 aromatic heterocycles. The van der Waals surface area contributed by atoms with E-state index in [1.807, 2.05) is 19.9 Å². The third-order valence-corrected chi connectivity index (χ3v) is 1.70. The summed E-state index contributed by atoms with van der Waals surface area (Å²) in [6.07, 6.45) is 3.83. The Bertz CT molecular complexity index is 257. The minimum atomic E-state index is -0.286. The molecule has 2 nitrogen and oxygen atoms in total. The van der Waals surface area contributed by atoms with Crippen molar-refractivity contribution in [1.29, 1.82) is 0 Å². The molecule has 78 valence electrons. The lowest BCUT2D eigenvalue weighted by Gasteiger charge is -2.12. The van der Waals surface area contributed by atoms with Gasteiger partial charge in [0.15, 0.2) is 0 Å². The number of ether oxygens (including phenoxy) is 1. The van der Waals surface area contributed by atoms with Crippen LogP contribution >= 0.6 is 0 Å². The molecule has 14 heavy (non-hydrogen) atoms. The predicted molar refractivity (Wildman–Crippen MR) is 58.9 cm³/mol. The Morgan fingerprint density at radius 2 is 2.00 bits per heavy atom. The van der Waals surface area contributed by atoms with E-state index in [0.29, 0.717) is 0 Å². The molecule has 0 aliphatic heterocycles. The van der Waals surface area contributed by atoms with E-state index in [1.165, 1.54) is 12.5 Å². The topological polar surface area (TPSA) is 26.3 Å². The largest absolute Gasteiger partial charge is 0.461 e. The second-order valence-corrected chi connectivity index (χ2v) is 3.44.